The summed E-state index contributed by atoms with van der Waals surface area (Å²) in [6.45, 7) is 4.05. The summed E-state index contributed by atoms with van der Waals surface area (Å²) in [4.78, 5) is 27.0. The van der Waals surface area contributed by atoms with Crippen molar-refractivity contribution in [1.29, 1.82) is 0 Å². The molecule has 0 spiro atoms. The lowest BCUT2D eigenvalue weighted by molar-refractivity contribution is -0.135. The van der Waals surface area contributed by atoms with Crippen molar-refractivity contribution in [1.82, 2.24) is 14.5 Å². The fraction of sp³-hybridized carbons (Fsp3) is 0.391. The molecular weight excluding hydrogens is 452 g/mol. The van der Waals surface area contributed by atoms with Gasteiger partial charge in [0, 0.05) is 31.7 Å². The Bertz CT molecular complexity index is 1100. The molecule has 178 valence electrons. The predicted octanol–water partition coefficient (Wildman–Crippen LogP) is 2.64. The Morgan fingerprint density at radius 3 is 2.21 bits per heavy atom. The number of carbonyl (C=O) groups excluding carboxylic acids is 2. The molecule has 1 aliphatic rings. The second-order valence-corrected chi connectivity index (χ2v) is 9.95. The SMILES string of the molecule is CCC(C)C(NC(=O)c1ccccc1)C(=O)N1CCN(S(=O)(=O)c2ccc(F)c(F)c2)CC1. The average Bonchev–Trinajstić information content (AvgIpc) is 2.83. The molecule has 3 rings (SSSR count). The Balaban J connectivity index is 1.69. The highest BCUT2D eigenvalue weighted by molar-refractivity contribution is 7.89. The fourth-order valence-electron chi connectivity index (χ4n) is 3.63. The van der Waals surface area contributed by atoms with E-state index in [2.05, 4.69) is 5.32 Å². The van der Waals surface area contributed by atoms with E-state index in [4.69, 9.17) is 0 Å². The molecule has 33 heavy (non-hydrogen) atoms. The lowest BCUT2D eigenvalue weighted by Gasteiger charge is -2.37. The molecule has 2 atom stereocenters. The van der Waals surface area contributed by atoms with Crippen molar-refractivity contribution >= 4 is 21.8 Å². The number of benzene rings is 2. The number of sulfonamides is 1. The molecule has 0 radical (unpaired) electrons. The van der Waals surface area contributed by atoms with Gasteiger partial charge >= 0.3 is 0 Å². The molecule has 1 heterocycles. The summed E-state index contributed by atoms with van der Waals surface area (Å²) in [6, 6.07) is 10.3. The zero-order valence-corrected chi connectivity index (χ0v) is 19.3. The van der Waals surface area contributed by atoms with Crippen LogP contribution < -0.4 is 5.32 Å². The number of hydrogen-bond donors (Lipinski definition) is 1. The molecule has 2 amide bonds. The van der Waals surface area contributed by atoms with Crippen LogP contribution >= 0.6 is 0 Å². The van der Waals surface area contributed by atoms with E-state index in [1.54, 1.807) is 30.3 Å². The van der Waals surface area contributed by atoms with Crippen molar-refractivity contribution in [3.05, 3.63) is 65.7 Å². The summed E-state index contributed by atoms with van der Waals surface area (Å²) in [5, 5.41) is 2.82. The van der Waals surface area contributed by atoms with Crippen molar-refractivity contribution in [2.75, 3.05) is 26.2 Å². The van der Waals surface area contributed by atoms with Gasteiger partial charge in [-0.25, -0.2) is 17.2 Å². The van der Waals surface area contributed by atoms with E-state index in [0.29, 0.717) is 18.1 Å². The van der Waals surface area contributed by atoms with Gasteiger partial charge in [0.25, 0.3) is 5.91 Å². The van der Waals surface area contributed by atoms with Crippen molar-refractivity contribution in [2.24, 2.45) is 5.92 Å². The molecule has 1 fully saturated rings. The summed E-state index contributed by atoms with van der Waals surface area (Å²) in [5.74, 6) is -3.13. The number of amides is 2. The summed E-state index contributed by atoms with van der Waals surface area (Å²) < 4.78 is 53.4. The van der Waals surface area contributed by atoms with Crippen LogP contribution in [0.15, 0.2) is 53.4 Å². The highest BCUT2D eigenvalue weighted by Gasteiger charge is 2.35. The Kier molecular flexibility index (Phi) is 7.80. The Morgan fingerprint density at radius 2 is 1.64 bits per heavy atom. The smallest absolute Gasteiger partial charge is 0.251 e. The maximum Gasteiger partial charge on any atom is 0.251 e. The third-order valence-corrected chi connectivity index (χ3v) is 7.78. The molecule has 0 aliphatic carbocycles. The minimum absolute atomic E-state index is 0.00687. The summed E-state index contributed by atoms with van der Waals surface area (Å²) in [7, 11) is -4.03. The summed E-state index contributed by atoms with van der Waals surface area (Å²) in [5.41, 5.74) is 0.445. The Labute approximate surface area is 192 Å². The van der Waals surface area contributed by atoms with E-state index in [1.807, 2.05) is 13.8 Å². The topological polar surface area (TPSA) is 86.8 Å². The van der Waals surface area contributed by atoms with Crippen LogP contribution in [0, 0.1) is 17.6 Å². The summed E-state index contributed by atoms with van der Waals surface area (Å²) in [6.07, 6.45) is 0.663. The first kappa shape index (κ1) is 24.8. The van der Waals surface area contributed by atoms with Crippen LogP contribution in [0.4, 0.5) is 8.78 Å². The fourth-order valence-corrected chi connectivity index (χ4v) is 5.06. The first-order valence-corrected chi connectivity index (χ1v) is 12.2. The lowest BCUT2D eigenvalue weighted by atomic mass is 9.97. The van der Waals surface area contributed by atoms with E-state index >= 15 is 0 Å². The quantitative estimate of drug-likeness (QED) is 0.662. The Morgan fingerprint density at radius 1 is 1.00 bits per heavy atom. The van der Waals surface area contributed by atoms with E-state index in [9.17, 15) is 26.8 Å². The minimum Gasteiger partial charge on any atom is -0.340 e. The van der Waals surface area contributed by atoms with Gasteiger partial charge in [0.15, 0.2) is 11.6 Å². The van der Waals surface area contributed by atoms with Crippen molar-refractivity contribution < 1.29 is 26.8 Å². The molecule has 7 nitrogen and oxygen atoms in total. The van der Waals surface area contributed by atoms with Crippen LogP contribution in [-0.2, 0) is 14.8 Å². The molecule has 1 N–H and O–H groups in total. The predicted molar refractivity (Wildman–Crippen MR) is 119 cm³/mol. The molecule has 0 aromatic heterocycles. The van der Waals surface area contributed by atoms with Gasteiger partial charge in [-0.2, -0.15) is 4.31 Å². The van der Waals surface area contributed by atoms with Crippen LogP contribution in [0.2, 0.25) is 0 Å². The van der Waals surface area contributed by atoms with E-state index in [0.717, 1.165) is 16.4 Å². The molecule has 1 aliphatic heterocycles. The number of nitrogens with zero attached hydrogens (tertiary/aromatic N) is 2. The van der Waals surface area contributed by atoms with Crippen LogP contribution in [0.1, 0.15) is 30.6 Å². The molecule has 2 aromatic rings. The van der Waals surface area contributed by atoms with Gasteiger partial charge in [-0.15, -0.1) is 0 Å². The van der Waals surface area contributed by atoms with Crippen molar-refractivity contribution in [2.45, 2.75) is 31.2 Å². The van der Waals surface area contributed by atoms with Gasteiger partial charge in [-0.1, -0.05) is 38.5 Å². The molecule has 0 bridgehead atoms. The highest BCUT2D eigenvalue weighted by atomic mass is 32.2. The molecule has 10 heteroatoms. The number of carbonyl (C=O) groups is 2. The first-order chi connectivity index (χ1) is 15.6. The van der Waals surface area contributed by atoms with Crippen LogP contribution in [0.3, 0.4) is 0 Å². The van der Waals surface area contributed by atoms with Gasteiger partial charge < -0.3 is 10.2 Å². The van der Waals surface area contributed by atoms with Gasteiger partial charge in [-0.05, 0) is 36.2 Å². The molecule has 0 saturated carbocycles. The molecule has 2 aromatic carbocycles. The maximum absolute atomic E-state index is 13.5. The zero-order valence-electron chi connectivity index (χ0n) is 18.5. The molecule has 2 unspecified atom stereocenters. The normalized spacial score (nSPS) is 16.8. The van der Waals surface area contributed by atoms with Crippen molar-refractivity contribution in [3.63, 3.8) is 0 Å². The van der Waals surface area contributed by atoms with Crippen LogP contribution in [0.5, 0.6) is 0 Å². The van der Waals surface area contributed by atoms with Gasteiger partial charge in [-0.3, -0.25) is 9.59 Å². The summed E-state index contributed by atoms with van der Waals surface area (Å²) >= 11 is 0. The third kappa shape index (κ3) is 5.56. The monoisotopic (exact) mass is 479 g/mol. The second kappa shape index (κ2) is 10.4. The van der Waals surface area contributed by atoms with Crippen LogP contribution in [-0.4, -0.2) is 61.7 Å². The lowest BCUT2D eigenvalue weighted by Crippen LogP contribution is -2.57. The number of rotatable bonds is 7. The highest BCUT2D eigenvalue weighted by Crippen LogP contribution is 2.21. The zero-order chi connectivity index (χ0) is 24.2. The maximum atomic E-state index is 13.5. The first-order valence-electron chi connectivity index (χ1n) is 10.7. The van der Waals surface area contributed by atoms with Crippen LogP contribution in [0.25, 0.3) is 0 Å². The average molecular weight is 480 g/mol. The van der Waals surface area contributed by atoms with Gasteiger partial charge in [0.05, 0.1) is 4.90 Å². The largest absolute Gasteiger partial charge is 0.340 e. The van der Waals surface area contributed by atoms with E-state index in [-0.39, 0.29) is 48.8 Å². The third-order valence-electron chi connectivity index (χ3n) is 5.88. The molecule has 1 saturated heterocycles. The minimum atomic E-state index is -4.03. The number of nitrogens with one attached hydrogen (secondary N) is 1. The van der Waals surface area contributed by atoms with Gasteiger partial charge in [0.2, 0.25) is 15.9 Å². The van der Waals surface area contributed by atoms with Gasteiger partial charge in [0.1, 0.15) is 6.04 Å². The standard InChI is InChI=1S/C23H27F2N3O4S/c1-3-16(2)21(26-22(29)17-7-5-4-6-8-17)23(30)27-11-13-28(14-12-27)33(31,32)18-9-10-19(24)20(25)15-18/h4-10,15-16,21H,3,11-14H2,1-2H3,(H,26,29). The molecular formula is C23H27F2N3O4S. The van der Waals surface area contributed by atoms with Crippen molar-refractivity contribution in [3.8, 4) is 0 Å². The second-order valence-electron chi connectivity index (χ2n) is 8.01. The number of hydrogen-bond acceptors (Lipinski definition) is 4. The number of piperazine rings is 1. The Hall–Kier alpha value is -2.85. The van der Waals surface area contributed by atoms with E-state index < -0.39 is 27.7 Å². The van der Waals surface area contributed by atoms with E-state index in [1.165, 1.54) is 4.90 Å². The number of halogens is 2.